The van der Waals surface area contributed by atoms with Crippen molar-refractivity contribution in [2.24, 2.45) is 5.92 Å². The van der Waals surface area contributed by atoms with Gasteiger partial charge in [0.05, 0.1) is 22.3 Å². The predicted molar refractivity (Wildman–Crippen MR) is 165 cm³/mol. The highest BCUT2D eigenvalue weighted by Gasteiger charge is 2.26. The second kappa shape index (κ2) is 15.4. The van der Waals surface area contributed by atoms with Gasteiger partial charge >= 0.3 is 12.7 Å². The molecule has 2 N–H and O–H groups in total. The number of amides is 1. The molecule has 3 aromatic rings. The van der Waals surface area contributed by atoms with Crippen LogP contribution in [0, 0.1) is 5.92 Å². The summed E-state index contributed by atoms with van der Waals surface area (Å²) in [6, 6.07) is 10.2. The maximum absolute atomic E-state index is 13.1. The Morgan fingerprint density at radius 1 is 1.13 bits per heavy atom. The molecule has 2 aromatic carbocycles. The van der Waals surface area contributed by atoms with Crippen LogP contribution in [0.1, 0.15) is 35.6 Å². The molecule has 0 bridgehead atoms. The molecule has 0 saturated heterocycles. The first kappa shape index (κ1) is 34.6. The number of benzene rings is 2. The number of nitrogens with one attached hydrogen (secondary N) is 1. The third kappa shape index (κ3) is 10.7. The molecule has 0 radical (unpaired) electrons. The fraction of sp³-hybridized carbons (Fsp3) is 0.357. The number of sulfone groups is 1. The van der Waals surface area contributed by atoms with Crippen molar-refractivity contribution in [3.8, 4) is 11.5 Å². The van der Waals surface area contributed by atoms with Gasteiger partial charge < -0.3 is 19.5 Å². The number of alkyl carbamates (subject to hydrolysis) is 1. The summed E-state index contributed by atoms with van der Waals surface area (Å²) in [5.74, 6) is -0.450. The molecule has 1 saturated carbocycles. The summed E-state index contributed by atoms with van der Waals surface area (Å²) in [4.78, 5) is 16.9. The van der Waals surface area contributed by atoms with Gasteiger partial charge in [-0.25, -0.2) is 17.4 Å². The topological polar surface area (TPSA) is 144 Å². The Morgan fingerprint density at radius 2 is 1.80 bits per heavy atom. The average molecular weight is 709 g/mol. The van der Waals surface area contributed by atoms with E-state index in [0.29, 0.717) is 29.2 Å². The van der Waals surface area contributed by atoms with Crippen LogP contribution in [0.15, 0.2) is 54.9 Å². The number of aromatic nitrogens is 1. The number of anilines is 1. The Hall–Kier alpha value is -3.24. The standard InChI is InChI=1S/C28H29Cl2F2N3O8S2/c1-45(39,40)16-35(44(37)38)20-7-4-17(5-8-20)12-34-28(36)43-25(11-21-22(29)13-33-14-23(21)30)19-6-9-24(42-27(31)32)26(10-19)41-15-18-2-3-18/h4-10,13-14,18,25,27H,2-3,11-12,15-16H2,1H3,(H,34,36)(H,37,38)/t25-/m0/s1. The Kier molecular flexibility index (Phi) is 11.8. The summed E-state index contributed by atoms with van der Waals surface area (Å²) >= 11 is 10.1. The molecule has 244 valence electrons. The van der Waals surface area contributed by atoms with Crippen molar-refractivity contribution in [3.63, 3.8) is 0 Å². The fourth-order valence-corrected chi connectivity index (χ4v) is 6.45. The quantitative estimate of drug-likeness (QED) is 0.184. The number of hydrogen-bond donors (Lipinski definition) is 2. The Balaban J connectivity index is 1.52. The molecule has 1 heterocycles. The first-order valence-corrected chi connectivity index (χ1v) is 17.3. The zero-order chi connectivity index (χ0) is 32.7. The van der Waals surface area contributed by atoms with Gasteiger partial charge in [-0.15, -0.1) is 0 Å². The van der Waals surface area contributed by atoms with Crippen molar-refractivity contribution in [2.75, 3.05) is 23.0 Å². The molecule has 1 aliphatic rings. The van der Waals surface area contributed by atoms with Gasteiger partial charge in [0, 0.05) is 31.6 Å². The number of rotatable bonds is 15. The minimum absolute atomic E-state index is 0.00783. The van der Waals surface area contributed by atoms with E-state index in [4.69, 9.17) is 32.7 Å². The van der Waals surface area contributed by atoms with Crippen molar-refractivity contribution < 1.29 is 45.0 Å². The number of carbonyl (C=O) groups is 1. The van der Waals surface area contributed by atoms with Crippen LogP contribution in [0.2, 0.25) is 10.0 Å². The summed E-state index contributed by atoms with van der Waals surface area (Å²) in [6.45, 7) is -2.78. The average Bonchev–Trinajstić information content (AvgIpc) is 3.80. The number of nitrogens with zero attached hydrogens (tertiary/aromatic N) is 2. The number of ether oxygens (including phenoxy) is 3. The molecular weight excluding hydrogens is 679 g/mol. The van der Waals surface area contributed by atoms with E-state index in [9.17, 15) is 30.8 Å². The van der Waals surface area contributed by atoms with Crippen LogP contribution in [0.3, 0.4) is 0 Å². The van der Waals surface area contributed by atoms with Crippen LogP contribution in [0.4, 0.5) is 19.3 Å². The highest BCUT2D eigenvalue weighted by atomic mass is 35.5. The third-order valence-electron chi connectivity index (χ3n) is 6.52. The van der Waals surface area contributed by atoms with Gasteiger partial charge in [0.2, 0.25) is 0 Å². The van der Waals surface area contributed by atoms with E-state index in [2.05, 4.69) is 15.0 Å². The van der Waals surface area contributed by atoms with E-state index < -0.39 is 45.8 Å². The molecule has 2 atom stereocenters. The van der Waals surface area contributed by atoms with Crippen LogP contribution in [0.5, 0.6) is 11.5 Å². The van der Waals surface area contributed by atoms with Crippen LogP contribution in [-0.4, -0.2) is 53.6 Å². The van der Waals surface area contributed by atoms with Gasteiger partial charge in [-0.3, -0.25) is 13.8 Å². The molecule has 4 rings (SSSR count). The van der Waals surface area contributed by atoms with E-state index in [1.165, 1.54) is 54.9 Å². The predicted octanol–water partition coefficient (Wildman–Crippen LogP) is 5.93. The monoisotopic (exact) mass is 707 g/mol. The second-order valence-electron chi connectivity index (χ2n) is 10.2. The summed E-state index contributed by atoms with van der Waals surface area (Å²) in [7, 11) is -3.59. The number of carbonyl (C=O) groups excluding carboxylic acids is 1. The van der Waals surface area contributed by atoms with E-state index in [1.807, 2.05) is 0 Å². The molecule has 0 aliphatic heterocycles. The van der Waals surface area contributed by atoms with E-state index >= 15 is 0 Å². The van der Waals surface area contributed by atoms with Crippen molar-refractivity contribution in [3.05, 3.63) is 81.6 Å². The molecule has 1 amide bonds. The number of hydrogen-bond acceptors (Lipinski definition) is 8. The lowest BCUT2D eigenvalue weighted by atomic mass is 10.0. The normalized spacial score (nSPS) is 14.5. The Bertz CT molecular complexity index is 1610. The van der Waals surface area contributed by atoms with Gasteiger partial charge in [-0.2, -0.15) is 8.78 Å². The SMILES string of the molecule is CS(=O)(=O)CN(c1ccc(CNC(=O)O[C@@H](Cc2c(Cl)cncc2Cl)c2ccc(OC(F)F)c(OCC3CC3)c2)cc1)S(=O)O. The van der Waals surface area contributed by atoms with Gasteiger partial charge in [0.1, 0.15) is 12.0 Å². The summed E-state index contributed by atoms with van der Waals surface area (Å²) in [6.07, 6.45) is 3.82. The summed E-state index contributed by atoms with van der Waals surface area (Å²) in [5, 5.41) is 3.07. The second-order valence-corrected chi connectivity index (χ2v) is 14.0. The van der Waals surface area contributed by atoms with Gasteiger partial charge in [0.25, 0.3) is 11.3 Å². The molecule has 1 unspecified atom stereocenters. The Labute approximate surface area is 271 Å². The van der Waals surface area contributed by atoms with E-state index in [1.54, 1.807) is 0 Å². The largest absolute Gasteiger partial charge is 0.489 e. The maximum atomic E-state index is 13.1. The van der Waals surface area contributed by atoms with Gasteiger partial charge in [0.15, 0.2) is 21.3 Å². The number of alkyl halides is 2. The first-order valence-electron chi connectivity index (χ1n) is 13.4. The summed E-state index contributed by atoms with van der Waals surface area (Å²) in [5.41, 5.74) is 1.58. The number of halogens is 4. The lowest BCUT2D eigenvalue weighted by molar-refractivity contribution is -0.0515. The van der Waals surface area contributed by atoms with Crippen LogP contribution in [0.25, 0.3) is 0 Å². The zero-order valence-electron chi connectivity index (χ0n) is 23.7. The molecule has 1 aromatic heterocycles. The molecule has 1 fully saturated rings. The lowest BCUT2D eigenvalue weighted by Gasteiger charge is -2.22. The molecule has 17 heteroatoms. The van der Waals surface area contributed by atoms with Crippen LogP contribution >= 0.6 is 23.2 Å². The highest BCUT2D eigenvalue weighted by Crippen LogP contribution is 2.38. The number of pyridine rings is 1. The first-order chi connectivity index (χ1) is 21.3. The molecule has 11 nitrogen and oxygen atoms in total. The highest BCUT2D eigenvalue weighted by molar-refractivity contribution is 7.92. The summed E-state index contributed by atoms with van der Waals surface area (Å²) < 4.78 is 87.5. The van der Waals surface area contributed by atoms with Crippen molar-refractivity contribution in [1.82, 2.24) is 10.3 Å². The van der Waals surface area contributed by atoms with Crippen LogP contribution in [-0.2, 0) is 38.8 Å². The minimum Gasteiger partial charge on any atom is -0.489 e. The zero-order valence-corrected chi connectivity index (χ0v) is 26.8. The van der Waals surface area contributed by atoms with Crippen molar-refractivity contribution in [1.29, 1.82) is 0 Å². The van der Waals surface area contributed by atoms with Gasteiger partial charge in [-0.05, 0) is 59.7 Å². The molecule has 45 heavy (non-hydrogen) atoms. The van der Waals surface area contributed by atoms with E-state index in [0.717, 1.165) is 23.4 Å². The lowest BCUT2D eigenvalue weighted by Crippen LogP contribution is -2.31. The maximum Gasteiger partial charge on any atom is 0.408 e. The fourth-order valence-electron chi connectivity index (χ4n) is 4.12. The Morgan fingerprint density at radius 3 is 2.38 bits per heavy atom. The van der Waals surface area contributed by atoms with Crippen molar-refractivity contribution >= 4 is 56.1 Å². The van der Waals surface area contributed by atoms with Crippen LogP contribution < -0.4 is 19.1 Å². The molecule has 0 spiro atoms. The minimum atomic E-state index is -3.59. The van der Waals surface area contributed by atoms with Gasteiger partial charge in [-0.1, -0.05) is 41.4 Å². The molecular formula is C28H29Cl2F2N3O8S2. The smallest absolute Gasteiger partial charge is 0.408 e. The van der Waals surface area contributed by atoms with Crippen molar-refractivity contribution in [2.45, 2.75) is 38.5 Å². The third-order valence-corrected chi connectivity index (χ3v) is 8.78. The molecule has 1 aliphatic carbocycles. The van der Waals surface area contributed by atoms with E-state index in [-0.39, 0.29) is 40.2 Å².